The minimum Gasteiger partial charge on any atom is -0.372 e. The molecule has 0 spiro atoms. The van der Waals surface area contributed by atoms with Crippen LogP contribution < -0.4 is 16.4 Å². The molecule has 3 aromatic rings. The van der Waals surface area contributed by atoms with Crippen molar-refractivity contribution in [2.24, 2.45) is 5.73 Å². The summed E-state index contributed by atoms with van der Waals surface area (Å²) in [6, 6.07) is 3.04. The third-order valence-corrected chi connectivity index (χ3v) is 3.57. The van der Waals surface area contributed by atoms with Gasteiger partial charge < -0.3 is 16.4 Å². The van der Waals surface area contributed by atoms with E-state index in [9.17, 15) is 9.18 Å². The number of nitrogens with one attached hydrogen (secondary N) is 2. The van der Waals surface area contributed by atoms with Gasteiger partial charge in [-0.3, -0.25) is 9.48 Å². The summed E-state index contributed by atoms with van der Waals surface area (Å²) in [5.41, 5.74) is 6.42. The Morgan fingerprint density at radius 3 is 2.83 bits per heavy atom. The number of aryl methyl sites for hydroxylation is 1. The van der Waals surface area contributed by atoms with Crippen molar-refractivity contribution in [2.45, 2.75) is 13.5 Å². The summed E-state index contributed by atoms with van der Waals surface area (Å²) in [7, 11) is 1.60. The number of nitrogens with two attached hydrogens (primary N) is 1. The van der Waals surface area contributed by atoms with E-state index in [2.05, 4.69) is 25.7 Å². The molecule has 0 unspecified atom stereocenters. The van der Waals surface area contributed by atoms with Gasteiger partial charge in [-0.15, -0.1) is 0 Å². The van der Waals surface area contributed by atoms with Crippen molar-refractivity contribution in [3.05, 3.63) is 35.9 Å². The van der Waals surface area contributed by atoms with E-state index in [0.29, 0.717) is 11.9 Å². The van der Waals surface area contributed by atoms with Crippen LogP contribution in [0.1, 0.15) is 17.3 Å². The number of nitrogens with zero attached hydrogens (tertiary/aromatic N) is 4. The second kappa shape index (κ2) is 6.11. The minimum atomic E-state index is -0.648. The normalized spacial score (nSPS) is 10.8. The molecule has 0 atom stereocenters. The molecule has 9 heteroatoms. The highest BCUT2D eigenvalue weighted by Crippen LogP contribution is 2.25. The van der Waals surface area contributed by atoms with E-state index in [1.807, 2.05) is 6.92 Å². The summed E-state index contributed by atoms with van der Waals surface area (Å²) in [5, 5.41) is 10.5. The van der Waals surface area contributed by atoms with Crippen molar-refractivity contribution in [2.75, 3.05) is 17.7 Å². The maximum Gasteiger partial charge on any atom is 0.254 e. The molecule has 0 radical (unpaired) electrons. The van der Waals surface area contributed by atoms with Gasteiger partial charge in [0.25, 0.3) is 5.91 Å². The molecule has 1 amide bonds. The van der Waals surface area contributed by atoms with Gasteiger partial charge in [0.15, 0.2) is 0 Å². The van der Waals surface area contributed by atoms with Crippen LogP contribution in [0.15, 0.2) is 24.5 Å². The van der Waals surface area contributed by atoms with E-state index in [1.54, 1.807) is 24.0 Å². The summed E-state index contributed by atoms with van der Waals surface area (Å²) in [5.74, 6) is -0.692. The standard InChI is InChI=1S/C15H16FN7O/c1-3-23-12-5-11(10(16)4-8(12)6-20-23)21-15-19-7-9(13(17)24)14(18-2)22-15/h4-7H,3H2,1-2H3,(H2,17,24)(H2,18,19,21,22). The molecule has 0 aliphatic rings. The minimum absolute atomic E-state index is 0.144. The monoisotopic (exact) mass is 329 g/mol. The molecule has 0 saturated carbocycles. The first kappa shape index (κ1) is 15.7. The molecule has 0 aliphatic heterocycles. The van der Waals surface area contributed by atoms with Crippen LogP contribution in [0, 0.1) is 5.82 Å². The maximum absolute atomic E-state index is 14.3. The molecule has 8 nitrogen and oxygen atoms in total. The predicted molar refractivity (Wildman–Crippen MR) is 88.7 cm³/mol. The quantitative estimate of drug-likeness (QED) is 0.659. The van der Waals surface area contributed by atoms with Crippen molar-refractivity contribution in [1.82, 2.24) is 19.7 Å². The second-order valence-electron chi connectivity index (χ2n) is 5.05. The van der Waals surface area contributed by atoms with E-state index >= 15 is 0 Å². The van der Waals surface area contributed by atoms with E-state index in [-0.39, 0.29) is 23.0 Å². The number of anilines is 3. The van der Waals surface area contributed by atoms with Crippen LogP contribution in [0.3, 0.4) is 0 Å². The zero-order chi connectivity index (χ0) is 17.3. The number of carbonyl (C=O) groups is 1. The highest BCUT2D eigenvalue weighted by Gasteiger charge is 2.13. The Morgan fingerprint density at radius 1 is 1.38 bits per heavy atom. The molecule has 24 heavy (non-hydrogen) atoms. The van der Waals surface area contributed by atoms with E-state index < -0.39 is 11.7 Å². The molecular weight excluding hydrogens is 313 g/mol. The predicted octanol–water partition coefficient (Wildman–Crippen LogP) is 1.87. The number of carbonyl (C=O) groups excluding carboxylic acids is 1. The summed E-state index contributed by atoms with van der Waals surface area (Å²) in [4.78, 5) is 19.4. The Hall–Kier alpha value is -3.23. The Kier molecular flexibility index (Phi) is 3.98. The third-order valence-electron chi connectivity index (χ3n) is 3.57. The molecule has 1 aromatic carbocycles. The number of aromatic nitrogens is 4. The van der Waals surface area contributed by atoms with Crippen LogP contribution in [-0.2, 0) is 6.54 Å². The first-order chi connectivity index (χ1) is 11.5. The molecular formula is C15H16FN7O. The van der Waals surface area contributed by atoms with Crippen LogP contribution in [0.5, 0.6) is 0 Å². The van der Waals surface area contributed by atoms with Crippen LogP contribution >= 0.6 is 0 Å². The van der Waals surface area contributed by atoms with Crippen LogP contribution in [-0.4, -0.2) is 32.7 Å². The summed E-state index contributed by atoms with van der Waals surface area (Å²) < 4.78 is 16.0. The van der Waals surface area contributed by atoms with Crippen molar-refractivity contribution in [1.29, 1.82) is 0 Å². The van der Waals surface area contributed by atoms with Crippen molar-refractivity contribution >= 4 is 34.3 Å². The number of hydrogen-bond donors (Lipinski definition) is 3. The van der Waals surface area contributed by atoms with Crippen LogP contribution in [0.2, 0.25) is 0 Å². The lowest BCUT2D eigenvalue weighted by atomic mass is 10.2. The number of fused-ring (bicyclic) bond motifs is 1. The number of amides is 1. The molecule has 0 saturated heterocycles. The average molecular weight is 329 g/mol. The molecule has 2 heterocycles. The lowest BCUT2D eigenvalue weighted by molar-refractivity contribution is 0.100. The summed E-state index contributed by atoms with van der Waals surface area (Å²) in [6.45, 7) is 2.62. The van der Waals surface area contributed by atoms with Gasteiger partial charge in [0.1, 0.15) is 11.6 Å². The topological polar surface area (TPSA) is 111 Å². The Balaban J connectivity index is 2.00. The molecule has 2 aromatic heterocycles. The lowest BCUT2D eigenvalue weighted by Gasteiger charge is -2.10. The molecule has 0 fully saturated rings. The molecule has 4 N–H and O–H groups in total. The van der Waals surface area contributed by atoms with Gasteiger partial charge in [-0.2, -0.15) is 10.1 Å². The molecule has 0 aliphatic carbocycles. The number of rotatable bonds is 5. The second-order valence-corrected chi connectivity index (χ2v) is 5.05. The third kappa shape index (κ3) is 2.71. The Bertz CT molecular complexity index is 922. The zero-order valence-corrected chi connectivity index (χ0v) is 13.2. The van der Waals surface area contributed by atoms with Gasteiger partial charge in [-0.05, 0) is 19.1 Å². The fraction of sp³-hybridized carbons (Fsp3) is 0.200. The largest absolute Gasteiger partial charge is 0.372 e. The number of hydrogen-bond acceptors (Lipinski definition) is 6. The van der Waals surface area contributed by atoms with Crippen molar-refractivity contribution < 1.29 is 9.18 Å². The number of halogens is 1. The first-order valence-corrected chi connectivity index (χ1v) is 7.30. The summed E-state index contributed by atoms with van der Waals surface area (Å²) >= 11 is 0. The van der Waals surface area contributed by atoms with E-state index in [1.165, 1.54) is 12.3 Å². The SMILES string of the molecule is CCn1ncc2cc(F)c(Nc3ncc(C(N)=O)c(NC)n3)cc21. The van der Waals surface area contributed by atoms with Gasteiger partial charge in [0.2, 0.25) is 5.95 Å². The van der Waals surface area contributed by atoms with Gasteiger partial charge in [0.05, 0.1) is 23.0 Å². The van der Waals surface area contributed by atoms with Gasteiger partial charge in [0, 0.05) is 25.2 Å². The van der Waals surface area contributed by atoms with Crippen molar-refractivity contribution in [3.63, 3.8) is 0 Å². The fourth-order valence-electron chi connectivity index (χ4n) is 2.38. The Labute approximate surface area is 136 Å². The first-order valence-electron chi connectivity index (χ1n) is 7.30. The average Bonchev–Trinajstić information content (AvgIpc) is 2.96. The number of primary amides is 1. The van der Waals surface area contributed by atoms with Gasteiger partial charge >= 0.3 is 0 Å². The highest BCUT2D eigenvalue weighted by molar-refractivity contribution is 5.97. The zero-order valence-electron chi connectivity index (χ0n) is 13.2. The summed E-state index contributed by atoms with van der Waals surface area (Å²) in [6.07, 6.45) is 2.90. The smallest absolute Gasteiger partial charge is 0.254 e. The van der Waals surface area contributed by atoms with Crippen molar-refractivity contribution in [3.8, 4) is 0 Å². The fourth-order valence-corrected chi connectivity index (χ4v) is 2.38. The molecule has 3 rings (SSSR count). The highest BCUT2D eigenvalue weighted by atomic mass is 19.1. The maximum atomic E-state index is 14.3. The Morgan fingerprint density at radius 2 is 2.17 bits per heavy atom. The number of benzene rings is 1. The lowest BCUT2D eigenvalue weighted by Crippen LogP contribution is -2.15. The van der Waals surface area contributed by atoms with E-state index in [0.717, 1.165) is 5.52 Å². The molecule has 124 valence electrons. The van der Waals surface area contributed by atoms with E-state index in [4.69, 9.17) is 5.73 Å². The van der Waals surface area contributed by atoms with Gasteiger partial charge in [-0.1, -0.05) is 0 Å². The van der Waals surface area contributed by atoms with Crippen LogP contribution in [0.25, 0.3) is 10.9 Å². The van der Waals surface area contributed by atoms with Gasteiger partial charge in [-0.25, -0.2) is 9.37 Å². The van der Waals surface area contributed by atoms with Crippen LogP contribution in [0.4, 0.5) is 21.8 Å². The molecule has 0 bridgehead atoms.